The van der Waals surface area contributed by atoms with Crippen LogP contribution in [0.2, 0.25) is 0 Å². The van der Waals surface area contributed by atoms with Gasteiger partial charge in [0.2, 0.25) is 10.4 Å². The summed E-state index contributed by atoms with van der Waals surface area (Å²) in [6.07, 6.45) is -4.60. The summed E-state index contributed by atoms with van der Waals surface area (Å²) in [4.78, 5) is 11.1. The normalized spacial score (nSPS) is 39.8. The molecule has 6 N–H and O–H groups in total. The topological polar surface area (TPSA) is 223 Å². The zero-order chi connectivity index (χ0) is 24.7. The third-order valence-electron chi connectivity index (χ3n) is 6.11. The molecule has 0 aliphatic carbocycles. The maximum Gasteiger partial charge on any atom is 0.217 e. The van der Waals surface area contributed by atoms with Crippen LogP contribution in [0.1, 0.15) is 27.7 Å². The van der Waals surface area contributed by atoms with E-state index in [0.29, 0.717) is 0 Å². The van der Waals surface area contributed by atoms with Gasteiger partial charge < -0.3 is 49.7 Å². The molecule has 0 aromatic heterocycles. The van der Waals surface area contributed by atoms with Gasteiger partial charge in [-0.1, -0.05) is 6.92 Å². The largest absolute Gasteiger partial charge is 0.726 e. The van der Waals surface area contributed by atoms with E-state index in [0.717, 1.165) is 6.08 Å². The summed E-state index contributed by atoms with van der Waals surface area (Å²) in [6, 6.07) is -0.683. The van der Waals surface area contributed by atoms with Crippen LogP contribution in [0, 0.1) is 5.41 Å². The molecular formula is C18H30NO12S-. The minimum Gasteiger partial charge on any atom is -0.726 e. The Bertz CT molecular complexity index is 845. The average Bonchev–Trinajstić information content (AvgIpc) is 2.65. The van der Waals surface area contributed by atoms with E-state index in [2.05, 4.69) is 9.92 Å². The van der Waals surface area contributed by atoms with Crippen LogP contribution in [0.4, 0.5) is 0 Å². The predicted molar refractivity (Wildman–Crippen MR) is 101 cm³/mol. The van der Waals surface area contributed by atoms with E-state index >= 15 is 0 Å². The third-order valence-corrected chi connectivity index (χ3v) is 6.54. The van der Waals surface area contributed by atoms with Gasteiger partial charge in [0.25, 0.3) is 0 Å². The maximum atomic E-state index is 11.1. The molecule has 2 rings (SSSR count). The van der Waals surface area contributed by atoms with Crippen molar-refractivity contribution in [3.05, 3.63) is 11.8 Å². The summed E-state index contributed by atoms with van der Waals surface area (Å²) in [6.45, 7) is 4.66. The Morgan fingerprint density at radius 2 is 1.78 bits per heavy atom. The van der Waals surface area contributed by atoms with Crippen molar-refractivity contribution >= 4 is 16.4 Å². The third kappa shape index (κ3) is 5.58. The average molecular weight is 485 g/mol. The van der Waals surface area contributed by atoms with Crippen LogP contribution in [0.15, 0.2) is 11.8 Å². The molecule has 13 nitrogen and oxygen atoms in total. The molecule has 7 atom stereocenters. The molecule has 0 spiro atoms. The number of aliphatic hydroxyl groups excluding tert-OH is 3. The molecule has 2 aliphatic heterocycles. The molecule has 0 amide bonds. The first-order chi connectivity index (χ1) is 14.4. The highest BCUT2D eigenvalue weighted by Crippen LogP contribution is 2.41. The molecule has 2 heterocycles. The Hall–Kier alpha value is -1.36. The number of carboxylic acid groups (broad SMARTS) is 1. The second kappa shape index (κ2) is 9.12. The quantitative estimate of drug-likeness (QED) is 0.190. The molecule has 14 heteroatoms. The van der Waals surface area contributed by atoms with Crippen molar-refractivity contribution < 1.29 is 62.3 Å². The van der Waals surface area contributed by atoms with Crippen molar-refractivity contribution in [1.82, 2.24) is 0 Å². The molecule has 0 aromatic carbocycles. The van der Waals surface area contributed by atoms with Gasteiger partial charge in [0.1, 0.15) is 41.7 Å². The number of hydrogen-bond acceptors (Lipinski definition) is 12. The lowest BCUT2D eigenvalue weighted by Gasteiger charge is -2.52. The number of carbonyl (C=O) groups excluding carboxylic acids is 1. The van der Waals surface area contributed by atoms with Gasteiger partial charge in [-0.2, -0.15) is 0 Å². The van der Waals surface area contributed by atoms with Gasteiger partial charge in [0.15, 0.2) is 5.60 Å². The van der Waals surface area contributed by atoms with Gasteiger partial charge in [0, 0.05) is 0 Å². The van der Waals surface area contributed by atoms with Gasteiger partial charge in [-0.05, 0) is 26.8 Å². The van der Waals surface area contributed by atoms with Crippen molar-refractivity contribution in [1.29, 1.82) is 0 Å². The lowest BCUT2D eigenvalue weighted by molar-refractivity contribution is -0.498. The fourth-order valence-electron chi connectivity index (χ4n) is 3.82. The fraction of sp³-hybridized carbons (Fsp3) is 0.833. The van der Waals surface area contributed by atoms with Crippen LogP contribution in [0.25, 0.3) is 0 Å². The van der Waals surface area contributed by atoms with Crippen molar-refractivity contribution in [2.45, 2.75) is 69.4 Å². The smallest absolute Gasteiger partial charge is 0.217 e. The molecular weight excluding hydrogens is 454 g/mol. The Balaban J connectivity index is 2.20. The molecule has 0 saturated carbocycles. The molecule has 0 bridgehead atoms. The zero-order valence-corrected chi connectivity index (χ0v) is 19.0. The van der Waals surface area contributed by atoms with Gasteiger partial charge in [-0.25, -0.2) is 8.42 Å². The first-order valence-electron chi connectivity index (χ1n) is 9.78. The SMILES string of the molecule is CC1(C)OC(COS(=O)(=O)[O-])[C@@](C)(COC[C@@]2(C)OC(C(=O)[O-])=C[C@H](O)C2O)[C@H](O)C1[NH3+]. The van der Waals surface area contributed by atoms with Crippen molar-refractivity contribution in [2.24, 2.45) is 5.41 Å². The lowest BCUT2D eigenvalue weighted by Crippen LogP contribution is -2.82. The van der Waals surface area contributed by atoms with Crippen LogP contribution < -0.4 is 10.8 Å². The lowest BCUT2D eigenvalue weighted by atomic mass is 9.70. The Kier molecular flexibility index (Phi) is 7.66. The first-order valence-corrected chi connectivity index (χ1v) is 11.1. The van der Waals surface area contributed by atoms with Gasteiger partial charge >= 0.3 is 0 Å². The zero-order valence-electron chi connectivity index (χ0n) is 18.2. The number of aliphatic hydroxyl groups is 3. The number of hydrogen-bond donors (Lipinski definition) is 4. The molecule has 3 unspecified atom stereocenters. The highest BCUT2D eigenvalue weighted by atomic mass is 32.3. The molecule has 1 saturated heterocycles. The van der Waals surface area contributed by atoms with Crippen molar-refractivity contribution in [3.63, 3.8) is 0 Å². The van der Waals surface area contributed by atoms with E-state index in [1.807, 2.05) is 0 Å². The van der Waals surface area contributed by atoms with E-state index in [-0.39, 0.29) is 6.61 Å². The van der Waals surface area contributed by atoms with E-state index in [1.54, 1.807) is 13.8 Å². The summed E-state index contributed by atoms with van der Waals surface area (Å²) < 4.78 is 53.9. The van der Waals surface area contributed by atoms with Gasteiger partial charge in [0.05, 0.1) is 31.3 Å². The fourth-order valence-corrected chi connectivity index (χ4v) is 4.11. The number of carbonyl (C=O) groups is 1. The van der Waals surface area contributed by atoms with E-state index in [1.165, 1.54) is 13.8 Å². The molecule has 2 aliphatic rings. The van der Waals surface area contributed by atoms with Crippen LogP contribution in [0.3, 0.4) is 0 Å². The first kappa shape index (κ1) is 26.9. The Morgan fingerprint density at radius 1 is 1.19 bits per heavy atom. The maximum absolute atomic E-state index is 11.1. The summed E-state index contributed by atoms with van der Waals surface area (Å²) in [5, 5.41) is 42.2. The van der Waals surface area contributed by atoms with E-state index in [9.17, 15) is 38.2 Å². The number of ether oxygens (including phenoxy) is 3. The number of carboxylic acids is 1. The highest BCUT2D eigenvalue weighted by molar-refractivity contribution is 7.80. The Labute approximate surface area is 185 Å². The monoisotopic (exact) mass is 484 g/mol. The Morgan fingerprint density at radius 3 is 2.31 bits per heavy atom. The van der Waals surface area contributed by atoms with Crippen LogP contribution in [0.5, 0.6) is 0 Å². The minimum atomic E-state index is -5.03. The minimum absolute atomic E-state index is 0.310. The van der Waals surface area contributed by atoms with Crippen LogP contribution in [-0.4, -0.2) is 95.7 Å². The van der Waals surface area contributed by atoms with Crippen molar-refractivity contribution in [2.75, 3.05) is 19.8 Å². The summed E-state index contributed by atoms with van der Waals surface area (Å²) >= 11 is 0. The van der Waals surface area contributed by atoms with Crippen molar-refractivity contribution in [3.8, 4) is 0 Å². The highest BCUT2D eigenvalue weighted by Gasteiger charge is 2.57. The second-order valence-electron chi connectivity index (χ2n) is 9.12. The molecule has 0 aromatic rings. The molecule has 32 heavy (non-hydrogen) atoms. The predicted octanol–water partition coefficient (Wildman–Crippen LogP) is -4.22. The van der Waals surface area contributed by atoms with E-state index < -0.39 is 82.4 Å². The number of rotatable bonds is 8. The standard InChI is InChI=1S/C18H31NO12S/c1-16(2)12(19)14(22)17(3,11(31-16)6-29-32(25,26)27)7-28-8-18(4)13(21)9(20)5-10(30-18)15(23)24/h5,9,11-14,20-22H,6-8,19H2,1-4H3,(H,23,24)(H,25,26,27)/p-1/t9-,11?,12?,13?,14+,17+,18+/m0/s1. The van der Waals surface area contributed by atoms with E-state index in [4.69, 9.17) is 14.2 Å². The summed E-state index contributed by atoms with van der Waals surface area (Å²) in [5.41, 5.74) is -0.101. The van der Waals surface area contributed by atoms with Gasteiger partial charge in [-0.3, -0.25) is 4.18 Å². The molecule has 186 valence electrons. The number of aliphatic carboxylic acids is 1. The molecule has 0 radical (unpaired) electrons. The summed E-state index contributed by atoms with van der Waals surface area (Å²) in [7, 11) is -5.03. The van der Waals surface area contributed by atoms with Gasteiger partial charge in [-0.15, -0.1) is 0 Å². The van der Waals surface area contributed by atoms with Crippen LogP contribution in [-0.2, 0) is 33.6 Å². The van der Waals surface area contributed by atoms with Crippen LogP contribution >= 0.6 is 0 Å². The summed E-state index contributed by atoms with van der Waals surface area (Å²) in [5.74, 6) is -2.36. The second-order valence-corrected chi connectivity index (χ2v) is 10.2. The molecule has 1 fully saturated rings. The number of quaternary nitrogens is 1.